The zero-order valence-corrected chi connectivity index (χ0v) is 9.39. The monoisotopic (exact) mass is 240 g/mol. The van der Waals surface area contributed by atoms with Gasteiger partial charge in [-0.05, 0) is 19.9 Å². The maximum Gasteiger partial charge on any atom is 0.420 e. The largest absolute Gasteiger partial charge is 0.420 e. The number of aromatic nitrogens is 2. The molecule has 0 amide bonds. The molecule has 0 aliphatic heterocycles. The molecule has 0 saturated heterocycles. The fourth-order valence-electron chi connectivity index (χ4n) is 1.78. The molecule has 0 atom stereocenters. The Labute approximate surface area is 96.5 Å². The fraction of sp³-hybridized carbons (Fsp3) is 0.250. The van der Waals surface area contributed by atoms with Gasteiger partial charge in [0, 0.05) is 11.3 Å². The van der Waals surface area contributed by atoms with Crippen LogP contribution in [0.1, 0.15) is 16.8 Å². The third kappa shape index (κ3) is 2.18. The molecular formula is C12H11F3N2. The Morgan fingerprint density at radius 2 is 1.88 bits per heavy atom. The summed E-state index contributed by atoms with van der Waals surface area (Å²) >= 11 is 0. The predicted molar refractivity (Wildman–Crippen MR) is 58.5 cm³/mol. The molecule has 90 valence electrons. The number of rotatable bonds is 1. The van der Waals surface area contributed by atoms with E-state index in [1.165, 1.54) is 6.92 Å². The maximum atomic E-state index is 12.9. The van der Waals surface area contributed by atoms with E-state index in [4.69, 9.17) is 0 Å². The molecule has 2 aromatic rings. The third-order valence-electron chi connectivity index (χ3n) is 2.52. The van der Waals surface area contributed by atoms with Gasteiger partial charge in [-0.15, -0.1) is 0 Å². The van der Waals surface area contributed by atoms with Crippen molar-refractivity contribution in [2.24, 2.45) is 0 Å². The summed E-state index contributed by atoms with van der Waals surface area (Å²) in [5.74, 6) is 0. The average molecular weight is 240 g/mol. The molecule has 0 fully saturated rings. The first-order valence-electron chi connectivity index (χ1n) is 5.09. The van der Waals surface area contributed by atoms with Crippen molar-refractivity contribution in [3.63, 3.8) is 0 Å². The van der Waals surface area contributed by atoms with Crippen LogP contribution >= 0.6 is 0 Å². The van der Waals surface area contributed by atoms with E-state index in [9.17, 15) is 13.2 Å². The van der Waals surface area contributed by atoms with Crippen molar-refractivity contribution in [1.29, 1.82) is 0 Å². The number of hydrogen-bond donors (Lipinski definition) is 1. The molecule has 1 aromatic heterocycles. The maximum absolute atomic E-state index is 12.9. The SMILES string of the molecule is Cc1cccc(-c2n[nH]c(C)c2C(F)(F)F)c1. The Balaban J connectivity index is 2.61. The molecule has 17 heavy (non-hydrogen) atoms. The van der Waals surface area contributed by atoms with E-state index in [0.29, 0.717) is 5.56 Å². The van der Waals surface area contributed by atoms with Gasteiger partial charge in [-0.2, -0.15) is 18.3 Å². The minimum Gasteiger partial charge on any atom is -0.282 e. The number of hydrogen-bond acceptors (Lipinski definition) is 1. The Kier molecular flexibility index (Phi) is 2.69. The van der Waals surface area contributed by atoms with Gasteiger partial charge in [0.2, 0.25) is 0 Å². The van der Waals surface area contributed by atoms with Gasteiger partial charge < -0.3 is 0 Å². The zero-order valence-electron chi connectivity index (χ0n) is 9.39. The number of aromatic amines is 1. The van der Waals surface area contributed by atoms with Gasteiger partial charge in [0.25, 0.3) is 0 Å². The van der Waals surface area contributed by atoms with Crippen LogP contribution in [0.25, 0.3) is 11.3 Å². The van der Waals surface area contributed by atoms with E-state index in [1.54, 1.807) is 18.2 Å². The van der Waals surface area contributed by atoms with Crippen LogP contribution < -0.4 is 0 Å². The molecule has 0 spiro atoms. The summed E-state index contributed by atoms with van der Waals surface area (Å²) in [5, 5.41) is 6.14. The van der Waals surface area contributed by atoms with Crippen LogP contribution in [0.3, 0.4) is 0 Å². The van der Waals surface area contributed by atoms with Crippen LogP contribution in [-0.4, -0.2) is 10.2 Å². The number of H-pyrrole nitrogens is 1. The summed E-state index contributed by atoms with van der Waals surface area (Å²) in [5.41, 5.74) is 0.675. The lowest BCUT2D eigenvalue weighted by Crippen LogP contribution is -2.07. The summed E-state index contributed by atoms with van der Waals surface area (Å²) in [6.45, 7) is 3.20. The minimum absolute atomic E-state index is 0.0361. The first-order chi connectivity index (χ1) is 7.89. The predicted octanol–water partition coefficient (Wildman–Crippen LogP) is 3.71. The lowest BCUT2D eigenvalue weighted by atomic mass is 10.0. The molecular weight excluding hydrogens is 229 g/mol. The highest BCUT2D eigenvalue weighted by atomic mass is 19.4. The number of aryl methyl sites for hydroxylation is 2. The van der Waals surface area contributed by atoms with E-state index in [2.05, 4.69) is 10.2 Å². The molecule has 0 saturated carbocycles. The summed E-state index contributed by atoms with van der Waals surface area (Å²) < 4.78 is 38.6. The second-order valence-electron chi connectivity index (χ2n) is 3.94. The molecule has 2 rings (SSSR count). The van der Waals surface area contributed by atoms with Gasteiger partial charge >= 0.3 is 6.18 Å². The Morgan fingerprint density at radius 1 is 1.18 bits per heavy atom. The standard InChI is InChI=1S/C12H11F3N2/c1-7-4-3-5-9(6-7)11-10(12(13,14)15)8(2)16-17-11/h3-6H,1-2H3,(H,16,17). The van der Waals surface area contributed by atoms with Crippen LogP contribution in [-0.2, 0) is 6.18 Å². The highest BCUT2D eigenvalue weighted by Gasteiger charge is 2.37. The number of nitrogens with zero attached hydrogens (tertiary/aromatic N) is 1. The van der Waals surface area contributed by atoms with Gasteiger partial charge in [-0.1, -0.05) is 23.8 Å². The van der Waals surface area contributed by atoms with Crippen molar-refractivity contribution < 1.29 is 13.2 Å². The van der Waals surface area contributed by atoms with Crippen LogP contribution in [0.4, 0.5) is 13.2 Å². The molecule has 0 aliphatic carbocycles. The second kappa shape index (κ2) is 3.91. The van der Waals surface area contributed by atoms with Crippen molar-refractivity contribution in [3.05, 3.63) is 41.1 Å². The van der Waals surface area contributed by atoms with Crippen LogP contribution in [0, 0.1) is 13.8 Å². The molecule has 2 nitrogen and oxygen atoms in total. The molecule has 1 heterocycles. The van der Waals surface area contributed by atoms with Crippen molar-refractivity contribution in [3.8, 4) is 11.3 Å². The lowest BCUT2D eigenvalue weighted by Gasteiger charge is -2.08. The van der Waals surface area contributed by atoms with E-state index in [-0.39, 0.29) is 11.4 Å². The first kappa shape index (κ1) is 11.7. The van der Waals surface area contributed by atoms with Crippen LogP contribution in [0.2, 0.25) is 0 Å². The van der Waals surface area contributed by atoms with E-state index in [1.807, 2.05) is 13.0 Å². The molecule has 0 radical (unpaired) electrons. The summed E-state index contributed by atoms with van der Waals surface area (Å²) in [7, 11) is 0. The van der Waals surface area contributed by atoms with Gasteiger partial charge in [0.05, 0.1) is 0 Å². The van der Waals surface area contributed by atoms with E-state index in [0.717, 1.165) is 5.56 Å². The normalized spacial score (nSPS) is 11.8. The summed E-state index contributed by atoms with van der Waals surface area (Å²) in [6, 6.07) is 6.85. The highest BCUT2D eigenvalue weighted by molar-refractivity contribution is 5.65. The second-order valence-corrected chi connectivity index (χ2v) is 3.94. The van der Waals surface area contributed by atoms with Crippen LogP contribution in [0.15, 0.2) is 24.3 Å². The first-order valence-corrected chi connectivity index (χ1v) is 5.09. The Morgan fingerprint density at radius 3 is 2.47 bits per heavy atom. The number of halogens is 3. The fourth-order valence-corrected chi connectivity index (χ4v) is 1.78. The quantitative estimate of drug-likeness (QED) is 0.808. The van der Waals surface area contributed by atoms with E-state index < -0.39 is 11.7 Å². The topological polar surface area (TPSA) is 28.7 Å². The van der Waals surface area contributed by atoms with Crippen molar-refractivity contribution in [1.82, 2.24) is 10.2 Å². The summed E-state index contributed by atoms with van der Waals surface area (Å²) in [6.07, 6.45) is -4.39. The Bertz CT molecular complexity index is 541. The third-order valence-corrected chi connectivity index (χ3v) is 2.52. The average Bonchev–Trinajstić information content (AvgIpc) is 2.59. The zero-order chi connectivity index (χ0) is 12.6. The van der Waals surface area contributed by atoms with Crippen LogP contribution in [0.5, 0.6) is 0 Å². The number of benzene rings is 1. The van der Waals surface area contributed by atoms with Gasteiger partial charge in [0.15, 0.2) is 0 Å². The van der Waals surface area contributed by atoms with Gasteiger partial charge in [0.1, 0.15) is 11.3 Å². The van der Waals surface area contributed by atoms with E-state index >= 15 is 0 Å². The molecule has 0 unspecified atom stereocenters. The Hall–Kier alpha value is -1.78. The highest BCUT2D eigenvalue weighted by Crippen LogP contribution is 2.37. The molecule has 1 aromatic carbocycles. The molecule has 1 N–H and O–H groups in total. The number of nitrogens with one attached hydrogen (secondary N) is 1. The lowest BCUT2D eigenvalue weighted by molar-refractivity contribution is -0.137. The van der Waals surface area contributed by atoms with Gasteiger partial charge in [-0.25, -0.2) is 0 Å². The van der Waals surface area contributed by atoms with Crippen molar-refractivity contribution in [2.45, 2.75) is 20.0 Å². The smallest absolute Gasteiger partial charge is 0.282 e. The molecule has 5 heteroatoms. The molecule has 0 bridgehead atoms. The van der Waals surface area contributed by atoms with Crippen molar-refractivity contribution in [2.75, 3.05) is 0 Å². The molecule has 0 aliphatic rings. The summed E-state index contributed by atoms with van der Waals surface area (Å²) in [4.78, 5) is 0. The van der Waals surface area contributed by atoms with Crippen molar-refractivity contribution >= 4 is 0 Å². The minimum atomic E-state index is -4.39. The number of alkyl halides is 3. The van der Waals surface area contributed by atoms with Gasteiger partial charge in [-0.3, -0.25) is 5.10 Å².